The highest BCUT2D eigenvalue weighted by Crippen LogP contribution is 2.35. The van der Waals surface area contributed by atoms with Gasteiger partial charge in [-0.1, -0.05) is 22.8 Å². The van der Waals surface area contributed by atoms with E-state index in [4.69, 9.17) is 16.1 Å². The van der Waals surface area contributed by atoms with Crippen LogP contribution in [-0.4, -0.2) is 22.6 Å². The van der Waals surface area contributed by atoms with Gasteiger partial charge in [-0.25, -0.2) is 8.78 Å². The molecule has 2 aromatic carbocycles. The summed E-state index contributed by atoms with van der Waals surface area (Å²) in [4.78, 5) is 18.0. The molecule has 1 aromatic heterocycles. The van der Waals surface area contributed by atoms with E-state index < -0.39 is 11.6 Å². The Hall–Kier alpha value is -2.32. The summed E-state index contributed by atoms with van der Waals surface area (Å²) < 4.78 is 33.2. The summed E-state index contributed by atoms with van der Waals surface area (Å²) in [5.41, 5.74) is 0.692. The smallest absolute Gasteiger partial charge is 0.232 e. The fraction of sp³-hybridized carbons (Fsp3) is 0.167. The molecule has 0 spiro atoms. The summed E-state index contributed by atoms with van der Waals surface area (Å²) in [6.07, 6.45) is 0.112. The molecule has 1 fully saturated rings. The van der Waals surface area contributed by atoms with E-state index in [1.807, 2.05) is 0 Å². The van der Waals surface area contributed by atoms with Crippen LogP contribution in [0, 0.1) is 11.6 Å². The van der Waals surface area contributed by atoms with Gasteiger partial charge in [0.15, 0.2) is 5.82 Å². The number of amides is 1. The molecule has 1 atom stereocenters. The molecule has 1 saturated heterocycles. The van der Waals surface area contributed by atoms with Gasteiger partial charge in [0.25, 0.3) is 0 Å². The van der Waals surface area contributed by atoms with Crippen LogP contribution in [0.15, 0.2) is 45.4 Å². The molecule has 9 heteroatoms. The summed E-state index contributed by atoms with van der Waals surface area (Å²) in [6, 6.07) is 8.86. The Morgan fingerprint density at radius 3 is 2.85 bits per heavy atom. The van der Waals surface area contributed by atoms with Crippen molar-refractivity contribution in [2.45, 2.75) is 12.3 Å². The van der Waals surface area contributed by atoms with E-state index in [2.05, 4.69) is 26.1 Å². The summed E-state index contributed by atoms with van der Waals surface area (Å²) in [5.74, 6) is -1.13. The number of anilines is 1. The number of nitrogens with zero attached hydrogens (tertiary/aromatic N) is 3. The molecule has 0 bridgehead atoms. The van der Waals surface area contributed by atoms with Crippen LogP contribution in [0.2, 0.25) is 5.02 Å². The second-order valence-corrected chi connectivity index (χ2v) is 7.32. The Kier molecular flexibility index (Phi) is 4.69. The highest BCUT2D eigenvalue weighted by molar-refractivity contribution is 9.10. The van der Waals surface area contributed by atoms with Crippen molar-refractivity contribution in [3.05, 3.63) is 63.4 Å². The third-order valence-electron chi connectivity index (χ3n) is 4.32. The van der Waals surface area contributed by atoms with Gasteiger partial charge in [0, 0.05) is 18.5 Å². The Morgan fingerprint density at radius 2 is 2.07 bits per heavy atom. The maximum Gasteiger partial charge on any atom is 0.232 e. The van der Waals surface area contributed by atoms with Gasteiger partial charge < -0.3 is 9.42 Å². The Labute approximate surface area is 166 Å². The lowest BCUT2D eigenvalue weighted by Gasteiger charge is -2.17. The molecule has 1 amide bonds. The van der Waals surface area contributed by atoms with Gasteiger partial charge in [0.2, 0.25) is 17.6 Å². The number of halogens is 4. The summed E-state index contributed by atoms with van der Waals surface area (Å²) >= 11 is 8.92. The number of rotatable bonds is 3. The monoisotopic (exact) mass is 453 g/mol. The van der Waals surface area contributed by atoms with Crippen molar-refractivity contribution in [3.63, 3.8) is 0 Å². The Balaban J connectivity index is 1.59. The highest BCUT2D eigenvalue weighted by Gasteiger charge is 2.36. The van der Waals surface area contributed by atoms with Crippen molar-refractivity contribution in [3.8, 4) is 11.4 Å². The predicted molar refractivity (Wildman–Crippen MR) is 98.5 cm³/mol. The van der Waals surface area contributed by atoms with Crippen molar-refractivity contribution in [1.29, 1.82) is 0 Å². The molecule has 1 unspecified atom stereocenters. The van der Waals surface area contributed by atoms with Gasteiger partial charge in [-0.2, -0.15) is 4.98 Å². The first-order chi connectivity index (χ1) is 12.9. The SMILES string of the molecule is O=C1CC(c2nc(-c3ccc(F)c(Br)c3)no2)CN1c1cccc(Cl)c1F. The Bertz CT molecular complexity index is 1040. The van der Waals surface area contributed by atoms with E-state index in [0.29, 0.717) is 5.56 Å². The van der Waals surface area contributed by atoms with Gasteiger partial charge in [0.05, 0.1) is 21.1 Å². The lowest BCUT2D eigenvalue weighted by Crippen LogP contribution is -2.25. The molecule has 0 saturated carbocycles. The van der Waals surface area contributed by atoms with E-state index >= 15 is 0 Å². The number of hydrogen-bond donors (Lipinski definition) is 0. The van der Waals surface area contributed by atoms with Gasteiger partial charge >= 0.3 is 0 Å². The summed E-state index contributed by atoms with van der Waals surface area (Å²) in [5, 5.41) is 3.85. The van der Waals surface area contributed by atoms with Crippen molar-refractivity contribution >= 4 is 39.1 Å². The van der Waals surface area contributed by atoms with Gasteiger partial charge in [-0.05, 0) is 46.3 Å². The quantitative estimate of drug-likeness (QED) is 0.562. The minimum absolute atomic E-state index is 0.0503. The first kappa shape index (κ1) is 18.1. The van der Waals surface area contributed by atoms with Crippen molar-refractivity contribution < 1.29 is 18.1 Å². The lowest BCUT2D eigenvalue weighted by atomic mass is 10.1. The first-order valence-corrected chi connectivity index (χ1v) is 9.14. The molecule has 3 aromatic rings. The molecule has 0 radical (unpaired) electrons. The minimum atomic E-state index is -0.643. The van der Waals surface area contributed by atoms with Crippen LogP contribution in [0.4, 0.5) is 14.5 Å². The van der Waals surface area contributed by atoms with E-state index in [1.54, 1.807) is 6.07 Å². The fourth-order valence-corrected chi connectivity index (χ4v) is 3.51. The van der Waals surface area contributed by atoms with Crippen LogP contribution in [-0.2, 0) is 4.79 Å². The zero-order valence-electron chi connectivity index (χ0n) is 13.6. The van der Waals surface area contributed by atoms with E-state index in [1.165, 1.54) is 35.2 Å². The average molecular weight is 455 g/mol. The van der Waals surface area contributed by atoms with E-state index in [-0.39, 0.29) is 51.7 Å². The summed E-state index contributed by atoms with van der Waals surface area (Å²) in [7, 11) is 0. The highest BCUT2D eigenvalue weighted by atomic mass is 79.9. The molecule has 0 N–H and O–H groups in total. The molecule has 5 nitrogen and oxygen atoms in total. The van der Waals surface area contributed by atoms with Gasteiger partial charge in [-0.3, -0.25) is 4.79 Å². The van der Waals surface area contributed by atoms with Crippen LogP contribution < -0.4 is 4.90 Å². The van der Waals surface area contributed by atoms with E-state index in [9.17, 15) is 13.6 Å². The number of aromatic nitrogens is 2. The van der Waals surface area contributed by atoms with E-state index in [0.717, 1.165) is 0 Å². The molecule has 2 heterocycles. The molecule has 4 rings (SSSR count). The largest absolute Gasteiger partial charge is 0.339 e. The minimum Gasteiger partial charge on any atom is -0.339 e. The van der Waals surface area contributed by atoms with Crippen molar-refractivity contribution in [1.82, 2.24) is 10.1 Å². The number of carbonyl (C=O) groups excluding carboxylic acids is 1. The second-order valence-electron chi connectivity index (χ2n) is 6.06. The normalized spacial score (nSPS) is 17.0. The van der Waals surface area contributed by atoms with Crippen LogP contribution in [0.3, 0.4) is 0 Å². The average Bonchev–Trinajstić information content (AvgIpc) is 3.27. The third kappa shape index (κ3) is 3.35. The van der Waals surface area contributed by atoms with Crippen molar-refractivity contribution in [2.24, 2.45) is 0 Å². The molecule has 1 aliphatic rings. The second kappa shape index (κ2) is 7.01. The third-order valence-corrected chi connectivity index (χ3v) is 5.22. The zero-order chi connectivity index (χ0) is 19.1. The Morgan fingerprint density at radius 1 is 1.26 bits per heavy atom. The molecule has 138 valence electrons. The van der Waals surface area contributed by atoms with Crippen LogP contribution >= 0.6 is 27.5 Å². The number of hydrogen-bond acceptors (Lipinski definition) is 4. The first-order valence-electron chi connectivity index (χ1n) is 7.97. The van der Waals surface area contributed by atoms with Gasteiger partial charge in [0.1, 0.15) is 5.82 Å². The predicted octanol–water partition coefficient (Wildman–Crippen LogP) is 4.95. The zero-order valence-corrected chi connectivity index (χ0v) is 16.0. The molecule has 27 heavy (non-hydrogen) atoms. The van der Waals surface area contributed by atoms with Gasteiger partial charge in [-0.15, -0.1) is 0 Å². The number of carbonyl (C=O) groups is 1. The molecule has 1 aliphatic heterocycles. The fourth-order valence-electron chi connectivity index (χ4n) is 2.96. The maximum atomic E-state index is 14.2. The molecular weight excluding hydrogens is 444 g/mol. The standard InChI is InChI=1S/C18H11BrClF2N3O2/c19-11-6-9(4-5-13(11)21)17-23-18(27-24-17)10-7-15(26)25(8-10)14-3-1-2-12(20)16(14)22/h1-6,10H,7-8H2. The summed E-state index contributed by atoms with van der Waals surface area (Å²) in [6.45, 7) is 0.199. The van der Waals surface area contributed by atoms with Crippen LogP contribution in [0.5, 0.6) is 0 Å². The number of benzene rings is 2. The maximum absolute atomic E-state index is 14.2. The topological polar surface area (TPSA) is 59.2 Å². The lowest BCUT2D eigenvalue weighted by molar-refractivity contribution is -0.117. The van der Waals surface area contributed by atoms with Crippen molar-refractivity contribution in [2.75, 3.05) is 11.4 Å². The molecule has 0 aliphatic carbocycles. The van der Waals surface area contributed by atoms with Crippen LogP contribution in [0.1, 0.15) is 18.2 Å². The molecular formula is C18H11BrClF2N3O2. The van der Waals surface area contributed by atoms with Crippen LogP contribution in [0.25, 0.3) is 11.4 Å².